The van der Waals surface area contributed by atoms with Crippen molar-refractivity contribution in [3.05, 3.63) is 84.1 Å². The van der Waals surface area contributed by atoms with Gasteiger partial charge in [0.25, 0.3) is 5.91 Å². The fourth-order valence-corrected chi connectivity index (χ4v) is 2.86. The number of amides is 1. The second-order valence-corrected chi connectivity index (χ2v) is 6.36. The van der Waals surface area contributed by atoms with Crippen LogP contribution in [-0.2, 0) is 6.42 Å². The van der Waals surface area contributed by atoms with Crippen LogP contribution in [0.4, 0.5) is 10.1 Å². The molecule has 1 amide bonds. The third kappa shape index (κ3) is 5.69. The van der Waals surface area contributed by atoms with Crippen molar-refractivity contribution >= 4 is 42.1 Å². The van der Waals surface area contributed by atoms with Crippen LogP contribution in [-0.4, -0.2) is 27.0 Å². The van der Waals surface area contributed by atoms with Gasteiger partial charge in [-0.3, -0.25) is 4.79 Å². The molecule has 0 aliphatic carbocycles. The molecule has 0 radical (unpaired) electrons. The lowest BCUT2D eigenvalue weighted by atomic mass is 10.1. The zero-order valence-electron chi connectivity index (χ0n) is 16.2. The van der Waals surface area contributed by atoms with Gasteiger partial charge >= 0.3 is 0 Å². The molecule has 0 fully saturated rings. The molecule has 0 saturated heterocycles. The van der Waals surface area contributed by atoms with Crippen LogP contribution in [0.25, 0.3) is 5.65 Å². The number of nitrogens with zero attached hydrogens (tertiary/aromatic N) is 3. The Balaban J connectivity index is 0.00000171. The second-order valence-electron chi connectivity index (χ2n) is 6.36. The lowest BCUT2D eigenvalue weighted by molar-refractivity contribution is 0.102. The van der Waals surface area contributed by atoms with Crippen LogP contribution in [0, 0.1) is 5.82 Å². The number of hydrogen-bond acceptors (Lipinski definition) is 5. The number of halogens is 3. The highest BCUT2D eigenvalue weighted by Crippen LogP contribution is 2.25. The molecule has 0 unspecified atom stereocenters. The summed E-state index contributed by atoms with van der Waals surface area (Å²) in [5, 5.41) is 6.67. The van der Waals surface area contributed by atoms with Crippen molar-refractivity contribution in [2.45, 2.75) is 6.42 Å². The number of carbonyl (C=O) groups is 1. The number of ether oxygens (including phenoxy) is 1. The van der Waals surface area contributed by atoms with E-state index in [0.29, 0.717) is 29.4 Å². The third-order valence-electron chi connectivity index (χ3n) is 4.31. The molecule has 3 N–H and O–H groups in total. The first kappa shape index (κ1) is 24.1. The minimum Gasteiger partial charge on any atom is -0.457 e. The molecule has 2 aromatic carbocycles. The number of pyridine rings is 1. The summed E-state index contributed by atoms with van der Waals surface area (Å²) < 4.78 is 21.5. The molecule has 0 aliphatic heterocycles. The molecule has 4 aromatic rings. The highest BCUT2D eigenvalue weighted by Gasteiger charge is 2.14. The van der Waals surface area contributed by atoms with E-state index in [4.69, 9.17) is 10.5 Å². The molecule has 0 spiro atoms. The number of aromatic nitrogens is 3. The Morgan fingerprint density at radius 2 is 1.81 bits per heavy atom. The van der Waals surface area contributed by atoms with Crippen LogP contribution in [0.3, 0.4) is 0 Å². The second kappa shape index (κ2) is 10.7. The van der Waals surface area contributed by atoms with E-state index < -0.39 is 11.7 Å². The summed E-state index contributed by atoms with van der Waals surface area (Å²) >= 11 is 0. The highest BCUT2D eigenvalue weighted by molar-refractivity contribution is 6.04. The number of hydrogen-bond donors (Lipinski definition) is 2. The highest BCUT2D eigenvalue weighted by atomic mass is 35.5. The number of anilines is 1. The van der Waals surface area contributed by atoms with E-state index >= 15 is 0 Å². The minimum absolute atomic E-state index is 0. The molecule has 7 nitrogen and oxygen atoms in total. The van der Waals surface area contributed by atoms with Crippen molar-refractivity contribution in [2.75, 3.05) is 11.9 Å². The maximum Gasteiger partial charge on any atom is 0.258 e. The van der Waals surface area contributed by atoms with Gasteiger partial charge in [-0.15, -0.1) is 24.8 Å². The summed E-state index contributed by atoms with van der Waals surface area (Å²) in [6.45, 7) is 0.570. The third-order valence-corrected chi connectivity index (χ3v) is 4.31. The van der Waals surface area contributed by atoms with Crippen molar-refractivity contribution in [1.82, 2.24) is 14.6 Å². The molecule has 31 heavy (non-hydrogen) atoms. The van der Waals surface area contributed by atoms with E-state index in [1.165, 1.54) is 29.0 Å². The van der Waals surface area contributed by atoms with E-state index in [1.807, 2.05) is 12.1 Å². The average Bonchev–Trinajstić information content (AvgIpc) is 3.19. The molecule has 0 atom stereocenters. The van der Waals surface area contributed by atoms with Crippen LogP contribution in [0.5, 0.6) is 11.5 Å². The first-order valence-corrected chi connectivity index (χ1v) is 8.99. The quantitative estimate of drug-likeness (QED) is 0.445. The molecule has 2 heterocycles. The number of benzene rings is 2. The lowest BCUT2D eigenvalue weighted by Gasteiger charge is -2.10. The van der Waals surface area contributed by atoms with Gasteiger partial charge in [0.2, 0.25) is 0 Å². The maximum absolute atomic E-state index is 14.2. The van der Waals surface area contributed by atoms with Gasteiger partial charge in [0.1, 0.15) is 23.6 Å². The van der Waals surface area contributed by atoms with Crippen LogP contribution in [0.15, 0.2) is 67.1 Å². The summed E-state index contributed by atoms with van der Waals surface area (Å²) in [6, 6.07) is 14.9. The van der Waals surface area contributed by atoms with Gasteiger partial charge in [0.05, 0.1) is 17.4 Å². The maximum atomic E-state index is 14.2. The van der Waals surface area contributed by atoms with Gasteiger partial charge in [-0.2, -0.15) is 5.10 Å². The number of carbonyl (C=O) groups excluding carboxylic acids is 1. The molecule has 4 rings (SSSR count). The summed E-state index contributed by atoms with van der Waals surface area (Å²) in [5.74, 6) is -0.295. The van der Waals surface area contributed by atoms with Crippen molar-refractivity contribution in [1.29, 1.82) is 0 Å². The molecule has 0 bridgehead atoms. The Labute approximate surface area is 190 Å². The first-order chi connectivity index (χ1) is 14.1. The zero-order chi connectivity index (χ0) is 20.2. The van der Waals surface area contributed by atoms with Gasteiger partial charge in [-0.25, -0.2) is 13.9 Å². The van der Waals surface area contributed by atoms with Gasteiger partial charge in [-0.1, -0.05) is 12.1 Å². The van der Waals surface area contributed by atoms with Gasteiger partial charge in [0, 0.05) is 0 Å². The summed E-state index contributed by atoms with van der Waals surface area (Å²) in [6.07, 6.45) is 3.78. The van der Waals surface area contributed by atoms with Crippen LogP contribution in [0.1, 0.15) is 15.9 Å². The smallest absolute Gasteiger partial charge is 0.258 e. The topological polar surface area (TPSA) is 94.5 Å². The van der Waals surface area contributed by atoms with E-state index in [2.05, 4.69) is 15.4 Å². The number of nitrogens with two attached hydrogens (primary N) is 1. The predicted octanol–water partition coefficient (Wildman–Crippen LogP) is 4.26. The Morgan fingerprint density at radius 3 is 2.55 bits per heavy atom. The molecule has 0 saturated carbocycles. The largest absolute Gasteiger partial charge is 0.457 e. The Hall–Kier alpha value is -3.20. The zero-order valence-corrected chi connectivity index (χ0v) is 17.8. The SMILES string of the molecule is Cl.Cl.NCCc1ccc(Oc2ccc(F)c(C(=O)Nc3ccc4ncnn4c3)c2)cc1. The summed E-state index contributed by atoms with van der Waals surface area (Å²) in [4.78, 5) is 16.6. The van der Waals surface area contributed by atoms with E-state index in [0.717, 1.165) is 12.0 Å². The standard InChI is InChI=1S/C21H18FN5O2.2ClH/c22-19-7-6-17(29-16-4-1-14(2-5-16)9-10-23)11-18(19)21(28)26-15-3-8-20-24-13-25-27(20)12-15;;/h1-8,11-13H,9-10,23H2,(H,26,28);2*1H. The monoisotopic (exact) mass is 463 g/mol. The molecule has 10 heteroatoms. The Morgan fingerprint density at radius 1 is 1.06 bits per heavy atom. The molecular formula is C21H20Cl2FN5O2. The van der Waals surface area contributed by atoms with Crippen molar-refractivity contribution in [3.8, 4) is 11.5 Å². The Bertz CT molecular complexity index is 1170. The number of nitrogens with one attached hydrogen (secondary N) is 1. The Kier molecular flexibility index (Phi) is 8.32. The molecule has 2 aromatic heterocycles. The molecule has 0 aliphatic rings. The average molecular weight is 464 g/mol. The lowest BCUT2D eigenvalue weighted by Crippen LogP contribution is -2.14. The number of fused-ring (bicyclic) bond motifs is 1. The van der Waals surface area contributed by atoms with E-state index in [-0.39, 0.29) is 30.4 Å². The summed E-state index contributed by atoms with van der Waals surface area (Å²) in [5.41, 5.74) is 7.63. The van der Waals surface area contributed by atoms with E-state index in [9.17, 15) is 9.18 Å². The predicted molar refractivity (Wildman–Crippen MR) is 121 cm³/mol. The van der Waals surface area contributed by atoms with Crippen molar-refractivity contribution < 1.29 is 13.9 Å². The van der Waals surface area contributed by atoms with Gasteiger partial charge in [0.15, 0.2) is 5.65 Å². The van der Waals surface area contributed by atoms with Crippen molar-refractivity contribution in [3.63, 3.8) is 0 Å². The van der Waals surface area contributed by atoms with Crippen LogP contribution < -0.4 is 15.8 Å². The van der Waals surface area contributed by atoms with E-state index in [1.54, 1.807) is 30.5 Å². The fourth-order valence-electron chi connectivity index (χ4n) is 2.86. The fraction of sp³-hybridized carbons (Fsp3) is 0.0952. The van der Waals surface area contributed by atoms with Crippen LogP contribution >= 0.6 is 24.8 Å². The number of rotatable bonds is 6. The van der Waals surface area contributed by atoms with Crippen LogP contribution in [0.2, 0.25) is 0 Å². The molecule has 162 valence electrons. The summed E-state index contributed by atoms with van der Waals surface area (Å²) in [7, 11) is 0. The normalized spacial score (nSPS) is 10.1. The minimum atomic E-state index is -0.644. The van der Waals surface area contributed by atoms with Gasteiger partial charge < -0.3 is 15.8 Å². The molecular weight excluding hydrogens is 444 g/mol. The van der Waals surface area contributed by atoms with Crippen molar-refractivity contribution in [2.24, 2.45) is 5.73 Å². The first-order valence-electron chi connectivity index (χ1n) is 8.99. The van der Waals surface area contributed by atoms with Gasteiger partial charge in [-0.05, 0) is 61.0 Å².